The van der Waals surface area contributed by atoms with E-state index >= 15 is 0 Å². The summed E-state index contributed by atoms with van der Waals surface area (Å²) in [6.07, 6.45) is -3.88. The molecule has 0 radical (unpaired) electrons. The van der Waals surface area contributed by atoms with Crippen molar-refractivity contribution in [3.8, 4) is 6.07 Å². The molecule has 0 fully saturated rings. The van der Waals surface area contributed by atoms with Gasteiger partial charge in [-0.25, -0.2) is 0 Å². The molecule has 1 aromatic carbocycles. The highest BCUT2D eigenvalue weighted by molar-refractivity contribution is 5.46. The maximum Gasteiger partial charge on any atom is 0.452 e. The number of nitrogens with zero attached hydrogens (tertiary/aromatic N) is 3. The zero-order valence-electron chi connectivity index (χ0n) is 10.8. The topological polar surface area (TPSA) is 53.1 Å². The van der Waals surface area contributed by atoms with Crippen molar-refractivity contribution < 1.29 is 17.7 Å². The average Bonchev–Trinajstić information content (AvgIpc) is 2.96. The second kappa shape index (κ2) is 4.81. The van der Waals surface area contributed by atoms with E-state index in [9.17, 15) is 13.2 Å². The third-order valence-electron chi connectivity index (χ3n) is 3.45. The summed E-state index contributed by atoms with van der Waals surface area (Å²) in [6.45, 7) is 0.983. The van der Waals surface area contributed by atoms with E-state index in [0.29, 0.717) is 25.1 Å². The highest BCUT2D eigenvalue weighted by Crippen LogP contribution is 2.33. The number of benzene rings is 1. The first-order valence-corrected chi connectivity index (χ1v) is 6.28. The van der Waals surface area contributed by atoms with Crippen LogP contribution in [0.3, 0.4) is 0 Å². The highest BCUT2D eigenvalue weighted by Gasteiger charge is 2.37. The minimum Gasteiger partial charge on any atom is -0.349 e. The molecule has 0 saturated carbocycles. The Morgan fingerprint density at radius 3 is 2.71 bits per heavy atom. The lowest BCUT2D eigenvalue weighted by molar-refractivity contribution is -0.155. The quantitative estimate of drug-likeness (QED) is 0.810. The number of alkyl halides is 3. The van der Waals surface area contributed by atoms with Crippen LogP contribution < -0.4 is 4.90 Å². The molecule has 2 heterocycles. The van der Waals surface area contributed by atoms with Gasteiger partial charge in [-0.3, -0.25) is 0 Å². The lowest BCUT2D eigenvalue weighted by Gasteiger charge is -2.28. The summed E-state index contributed by atoms with van der Waals surface area (Å²) in [6, 6.07) is 8.33. The largest absolute Gasteiger partial charge is 0.452 e. The molecule has 21 heavy (non-hydrogen) atoms. The van der Waals surface area contributed by atoms with Crippen molar-refractivity contribution in [1.82, 2.24) is 5.16 Å². The molecular weight excluding hydrogens is 283 g/mol. The Kier molecular flexibility index (Phi) is 3.09. The van der Waals surface area contributed by atoms with Crippen LogP contribution in [-0.2, 0) is 19.1 Å². The predicted octanol–water partition coefficient (Wildman–Crippen LogP) is 3.13. The molecule has 3 rings (SSSR count). The van der Waals surface area contributed by atoms with Gasteiger partial charge in [-0.05, 0) is 29.7 Å². The van der Waals surface area contributed by atoms with Crippen LogP contribution in [0.25, 0.3) is 0 Å². The van der Waals surface area contributed by atoms with Crippen LogP contribution in [0.5, 0.6) is 0 Å². The second-order valence-electron chi connectivity index (χ2n) is 4.81. The Hall–Kier alpha value is -2.49. The van der Waals surface area contributed by atoms with Gasteiger partial charge in [0.1, 0.15) is 0 Å². The molecule has 108 valence electrons. The summed E-state index contributed by atoms with van der Waals surface area (Å²) in [5.41, 5.74) is 2.62. The van der Waals surface area contributed by atoms with Crippen LogP contribution in [0.1, 0.15) is 22.5 Å². The Balaban J connectivity index is 1.83. The summed E-state index contributed by atoms with van der Waals surface area (Å²) in [7, 11) is 0. The first-order chi connectivity index (χ1) is 9.97. The zero-order valence-corrected chi connectivity index (χ0v) is 10.8. The first kappa shape index (κ1) is 13.5. The summed E-state index contributed by atoms with van der Waals surface area (Å²) >= 11 is 0. The molecule has 0 atom stereocenters. The smallest absolute Gasteiger partial charge is 0.349 e. The molecule has 1 aromatic heterocycles. The van der Waals surface area contributed by atoms with E-state index in [0.717, 1.165) is 17.2 Å². The van der Waals surface area contributed by atoms with Crippen molar-refractivity contribution in [3.05, 3.63) is 46.7 Å². The number of rotatable bonds is 1. The summed E-state index contributed by atoms with van der Waals surface area (Å²) < 4.78 is 41.9. The standard InChI is InChI=1S/C14H10F3N3O/c15-14(16,17)12-6-13(19-21-12)20-4-3-10-5-9(7-18)1-2-11(10)8-20/h1-2,5-6H,3-4,8H2. The van der Waals surface area contributed by atoms with Crippen molar-refractivity contribution in [2.24, 2.45) is 0 Å². The minimum absolute atomic E-state index is 0.178. The van der Waals surface area contributed by atoms with Crippen molar-refractivity contribution in [3.63, 3.8) is 0 Å². The van der Waals surface area contributed by atoms with Gasteiger partial charge in [0.25, 0.3) is 0 Å². The molecule has 2 aromatic rings. The maximum absolute atomic E-state index is 12.5. The fraction of sp³-hybridized carbons (Fsp3) is 0.286. The average molecular weight is 293 g/mol. The molecule has 0 unspecified atom stereocenters. The number of aromatic nitrogens is 1. The maximum atomic E-state index is 12.5. The third-order valence-corrected chi connectivity index (χ3v) is 3.45. The molecule has 1 aliphatic heterocycles. The van der Waals surface area contributed by atoms with Gasteiger partial charge in [0.05, 0.1) is 11.6 Å². The van der Waals surface area contributed by atoms with Crippen LogP contribution in [0.15, 0.2) is 28.8 Å². The lowest BCUT2D eigenvalue weighted by Crippen LogP contribution is -2.30. The van der Waals surface area contributed by atoms with Gasteiger partial charge in [-0.1, -0.05) is 11.2 Å². The minimum atomic E-state index is -4.53. The lowest BCUT2D eigenvalue weighted by atomic mass is 9.97. The van der Waals surface area contributed by atoms with E-state index < -0.39 is 11.9 Å². The van der Waals surface area contributed by atoms with Crippen molar-refractivity contribution >= 4 is 5.82 Å². The number of hydrogen-bond donors (Lipinski definition) is 0. The van der Waals surface area contributed by atoms with Gasteiger partial charge in [0.15, 0.2) is 5.82 Å². The molecule has 0 aliphatic carbocycles. The molecule has 4 nitrogen and oxygen atoms in total. The van der Waals surface area contributed by atoms with Gasteiger partial charge in [0, 0.05) is 19.2 Å². The van der Waals surface area contributed by atoms with Crippen LogP contribution in [0.2, 0.25) is 0 Å². The van der Waals surface area contributed by atoms with Gasteiger partial charge in [-0.15, -0.1) is 0 Å². The third kappa shape index (κ3) is 2.57. The van der Waals surface area contributed by atoms with E-state index in [1.165, 1.54) is 0 Å². The SMILES string of the molecule is N#Cc1ccc2c(c1)CCN(c1cc(C(F)(F)F)on1)C2. The van der Waals surface area contributed by atoms with E-state index in [2.05, 4.69) is 15.7 Å². The molecule has 0 bridgehead atoms. The molecule has 0 amide bonds. The molecule has 0 N–H and O–H groups in total. The molecule has 7 heteroatoms. The summed E-state index contributed by atoms with van der Waals surface area (Å²) in [5.74, 6) is -0.916. The highest BCUT2D eigenvalue weighted by atomic mass is 19.4. The number of anilines is 1. The molecule has 1 aliphatic rings. The molecule has 0 spiro atoms. The zero-order chi connectivity index (χ0) is 15.0. The second-order valence-corrected chi connectivity index (χ2v) is 4.81. The predicted molar refractivity (Wildman–Crippen MR) is 67.4 cm³/mol. The fourth-order valence-electron chi connectivity index (χ4n) is 2.37. The van der Waals surface area contributed by atoms with Crippen molar-refractivity contribution in [2.45, 2.75) is 19.1 Å². The first-order valence-electron chi connectivity index (χ1n) is 6.28. The van der Waals surface area contributed by atoms with Gasteiger partial charge >= 0.3 is 6.18 Å². The number of halogens is 3. The van der Waals surface area contributed by atoms with Crippen LogP contribution in [0, 0.1) is 11.3 Å². The van der Waals surface area contributed by atoms with Crippen molar-refractivity contribution in [2.75, 3.05) is 11.4 Å². The fourth-order valence-corrected chi connectivity index (χ4v) is 2.37. The van der Waals surface area contributed by atoms with E-state index in [1.54, 1.807) is 11.0 Å². The van der Waals surface area contributed by atoms with Crippen LogP contribution in [-0.4, -0.2) is 11.7 Å². The number of nitriles is 1. The van der Waals surface area contributed by atoms with Crippen LogP contribution >= 0.6 is 0 Å². The summed E-state index contributed by atoms with van der Waals surface area (Å²) in [4.78, 5) is 1.73. The Bertz CT molecular complexity index is 715. The van der Waals surface area contributed by atoms with E-state index in [1.807, 2.05) is 12.1 Å². The Morgan fingerprint density at radius 1 is 1.24 bits per heavy atom. The van der Waals surface area contributed by atoms with Gasteiger partial charge in [0.2, 0.25) is 5.76 Å². The molecule has 0 saturated heterocycles. The number of fused-ring (bicyclic) bond motifs is 1. The normalized spacial score (nSPS) is 14.7. The molecular formula is C14H10F3N3O. The van der Waals surface area contributed by atoms with E-state index in [4.69, 9.17) is 5.26 Å². The van der Waals surface area contributed by atoms with Crippen molar-refractivity contribution in [1.29, 1.82) is 5.26 Å². The van der Waals surface area contributed by atoms with Gasteiger partial charge in [-0.2, -0.15) is 18.4 Å². The van der Waals surface area contributed by atoms with Gasteiger partial charge < -0.3 is 9.42 Å². The Morgan fingerprint density at radius 2 is 2.05 bits per heavy atom. The van der Waals surface area contributed by atoms with E-state index in [-0.39, 0.29) is 5.82 Å². The monoisotopic (exact) mass is 293 g/mol. The summed E-state index contributed by atoms with van der Waals surface area (Å²) in [5, 5.41) is 12.4. The van der Waals surface area contributed by atoms with Crippen LogP contribution in [0.4, 0.5) is 19.0 Å². The Labute approximate surface area is 118 Å². The number of hydrogen-bond acceptors (Lipinski definition) is 4.